The van der Waals surface area contributed by atoms with Gasteiger partial charge in [0.05, 0.1) is 11.1 Å². The third kappa shape index (κ3) is 3.36. The fourth-order valence-electron chi connectivity index (χ4n) is 2.13. The van der Waals surface area contributed by atoms with Gasteiger partial charge in [-0.15, -0.1) is 0 Å². The molecule has 94 valence electrons. The maximum atomic E-state index is 13.7. The quantitative estimate of drug-likeness (QED) is 0.908. The Morgan fingerprint density at radius 1 is 1.47 bits per heavy atom. The van der Waals surface area contributed by atoms with Crippen molar-refractivity contribution >= 4 is 23.4 Å². The molecule has 2 unspecified atom stereocenters. The van der Waals surface area contributed by atoms with Crippen molar-refractivity contribution in [3.05, 3.63) is 34.6 Å². The van der Waals surface area contributed by atoms with E-state index in [1.165, 1.54) is 12.5 Å². The highest BCUT2D eigenvalue weighted by molar-refractivity contribution is 8.00. The van der Waals surface area contributed by atoms with Gasteiger partial charge in [-0.05, 0) is 30.2 Å². The standard InChI is InChI=1S/C13H16ClFOS/c14-10-5-3-4-9(13(10)15)8-11(16)12-6-1-2-7-17-12/h3-5,11-12,16H,1-2,6-8H2. The monoisotopic (exact) mass is 274 g/mol. The van der Waals surface area contributed by atoms with E-state index in [0.29, 0.717) is 12.0 Å². The molecule has 0 saturated carbocycles. The zero-order valence-corrected chi connectivity index (χ0v) is 11.1. The van der Waals surface area contributed by atoms with Crippen LogP contribution in [-0.2, 0) is 6.42 Å². The Balaban J connectivity index is 2.01. The molecular weight excluding hydrogens is 259 g/mol. The second-order valence-electron chi connectivity index (χ2n) is 4.39. The van der Waals surface area contributed by atoms with Crippen LogP contribution in [0.5, 0.6) is 0 Å². The molecule has 0 radical (unpaired) electrons. The lowest BCUT2D eigenvalue weighted by Gasteiger charge is -2.26. The Morgan fingerprint density at radius 2 is 2.29 bits per heavy atom. The summed E-state index contributed by atoms with van der Waals surface area (Å²) < 4.78 is 13.7. The van der Waals surface area contributed by atoms with Crippen LogP contribution >= 0.6 is 23.4 Å². The van der Waals surface area contributed by atoms with Crippen LogP contribution in [0.2, 0.25) is 5.02 Å². The topological polar surface area (TPSA) is 20.2 Å². The smallest absolute Gasteiger partial charge is 0.145 e. The number of aliphatic hydroxyl groups is 1. The summed E-state index contributed by atoms with van der Waals surface area (Å²) in [5.74, 6) is 0.703. The van der Waals surface area contributed by atoms with Crippen LogP contribution < -0.4 is 0 Å². The molecule has 1 saturated heterocycles. The lowest BCUT2D eigenvalue weighted by Crippen LogP contribution is -2.28. The Morgan fingerprint density at radius 3 is 3.00 bits per heavy atom. The molecule has 0 amide bonds. The summed E-state index contributed by atoms with van der Waals surface area (Å²) in [6.45, 7) is 0. The number of halogens is 2. The largest absolute Gasteiger partial charge is 0.392 e. The van der Waals surface area contributed by atoms with Gasteiger partial charge in [0.1, 0.15) is 5.82 Å². The Hall–Kier alpha value is -0.250. The first-order valence-electron chi connectivity index (χ1n) is 5.91. The van der Waals surface area contributed by atoms with Gasteiger partial charge in [-0.2, -0.15) is 11.8 Å². The molecule has 1 fully saturated rings. The highest BCUT2D eigenvalue weighted by Crippen LogP contribution is 2.29. The van der Waals surface area contributed by atoms with E-state index in [2.05, 4.69) is 0 Å². The molecule has 0 spiro atoms. The average molecular weight is 275 g/mol. The number of aliphatic hydroxyl groups excluding tert-OH is 1. The summed E-state index contributed by atoms with van der Waals surface area (Å²) in [6.07, 6.45) is 3.28. The molecular formula is C13H16ClFOS. The minimum Gasteiger partial charge on any atom is -0.392 e. The van der Waals surface area contributed by atoms with Gasteiger partial charge in [-0.3, -0.25) is 0 Å². The van der Waals surface area contributed by atoms with Gasteiger partial charge in [-0.1, -0.05) is 30.2 Å². The number of hydrogen-bond donors (Lipinski definition) is 1. The summed E-state index contributed by atoms with van der Waals surface area (Å²) >= 11 is 7.52. The molecule has 1 N–H and O–H groups in total. The Kier molecular flexibility index (Phi) is 4.71. The maximum Gasteiger partial charge on any atom is 0.145 e. The lowest BCUT2D eigenvalue weighted by molar-refractivity contribution is 0.165. The summed E-state index contributed by atoms with van der Waals surface area (Å²) in [5.41, 5.74) is 0.510. The summed E-state index contributed by atoms with van der Waals surface area (Å²) in [7, 11) is 0. The van der Waals surface area contributed by atoms with Gasteiger partial charge in [0, 0.05) is 11.7 Å². The first kappa shape index (κ1) is 13.2. The first-order chi connectivity index (χ1) is 8.18. The predicted octanol–water partition coefficient (Wildman–Crippen LogP) is 3.67. The van der Waals surface area contributed by atoms with Crippen molar-refractivity contribution in [2.45, 2.75) is 37.0 Å². The third-order valence-corrected chi connectivity index (χ3v) is 4.90. The van der Waals surface area contributed by atoms with Crippen molar-refractivity contribution in [3.8, 4) is 0 Å². The average Bonchev–Trinajstić information content (AvgIpc) is 2.36. The number of benzene rings is 1. The van der Waals surface area contributed by atoms with Crippen molar-refractivity contribution in [3.63, 3.8) is 0 Å². The van der Waals surface area contributed by atoms with Crippen molar-refractivity contribution in [1.29, 1.82) is 0 Å². The van der Waals surface area contributed by atoms with Crippen LogP contribution in [0.25, 0.3) is 0 Å². The van der Waals surface area contributed by atoms with Crippen LogP contribution in [0.3, 0.4) is 0 Å². The molecule has 0 aromatic heterocycles. The SMILES string of the molecule is OC(Cc1cccc(Cl)c1F)C1CCCCS1. The van der Waals surface area contributed by atoms with Crippen molar-refractivity contribution in [2.24, 2.45) is 0 Å². The van der Waals surface area contributed by atoms with Gasteiger partial charge in [0.25, 0.3) is 0 Å². The van der Waals surface area contributed by atoms with Gasteiger partial charge in [0.15, 0.2) is 0 Å². The van der Waals surface area contributed by atoms with Crippen LogP contribution in [0.1, 0.15) is 24.8 Å². The van der Waals surface area contributed by atoms with E-state index >= 15 is 0 Å². The molecule has 17 heavy (non-hydrogen) atoms. The third-order valence-electron chi connectivity index (χ3n) is 3.10. The van der Waals surface area contributed by atoms with Crippen molar-refractivity contribution in [1.82, 2.24) is 0 Å². The van der Waals surface area contributed by atoms with E-state index in [9.17, 15) is 9.50 Å². The van der Waals surface area contributed by atoms with E-state index in [1.807, 2.05) is 0 Å². The summed E-state index contributed by atoms with van der Waals surface area (Å²) in [6, 6.07) is 4.95. The maximum absolute atomic E-state index is 13.7. The van der Waals surface area contributed by atoms with Crippen molar-refractivity contribution in [2.75, 3.05) is 5.75 Å². The minimum absolute atomic E-state index is 0.131. The number of hydrogen-bond acceptors (Lipinski definition) is 2. The second kappa shape index (κ2) is 6.07. The van der Waals surface area contributed by atoms with E-state index in [-0.39, 0.29) is 10.3 Å². The van der Waals surface area contributed by atoms with Crippen LogP contribution in [0.4, 0.5) is 4.39 Å². The van der Waals surface area contributed by atoms with Gasteiger partial charge < -0.3 is 5.11 Å². The molecule has 1 aliphatic rings. The Bertz CT molecular complexity index is 380. The van der Waals surface area contributed by atoms with Gasteiger partial charge >= 0.3 is 0 Å². The second-order valence-corrected chi connectivity index (χ2v) is 6.14. The van der Waals surface area contributed by atoms with E-state index in [1.54, 1.807) is 23.9 Å². The van der Waals surface area contributed by atoms with Crippen molar-refractivity contribution < 1.29 is 9.50 Å². The fraction of sp³-hybridized carbons (Fsp3) is 0.538. The molecule has 1 aromatic rings. The first-order valence-corrected chi connectivity index (χ1v) is 7.33. The highest BCUT2D eigenvalue weighted by atomic mass is 35.5. The molecule has 2 rings (SSSR count). The lowest BCUT2D eigenvalue weighted by atomic mass is 10.0. The molecule has 0 aliphatic carbocycles. The predicted molar refractivity (Wildman–Crippen MR) is 71.2 cm³/mol. The molecule has 1 heterocycles. The van der Waals surface area contributed by atoms with Gasteiger partial charge in [-0.25, -0.2) is 4.39 Å². The van der Waals surface area contributed by atoms with Crippen LogP contribution in [0, 0.1) is 5.82 Å². The summed E-state index contributed by atoms with van der Waals surface area (Å²) in [5, 5.41) is 10.5. The van der Waals surface area contributed by atoms with Crippen LogP contribution in [0.15, 0.2) is 18.2 Å². The zero-order valence-electron chi connectivity index (χ0n) is 9.53. The normalized spacial score (nSPS) is 22.4. The number of rotatable bonds is 3. The molecule has 1 aromatic carbocycles. The highest BCUT2D eigenvalue weighted by Gasteiger charge is 2.23. The summed E-state index contributed by atoms with van der Waals surface area (Å²) in [4.78, 5) is 0. The number of thioether (sulfide) groups is 1. The molecule has 0 bridgehead atoms. The fourth-order valence-corrected chi connectivity index (χ4v) is 3.65. The van der Waals surface area contributed by atoms with E-state index in [0.717, 1.165) is 18.6 Å². The van der Waals surface area contributed by atoms with Gasteiger partial charge in [0.2, 0.25) is 0 Å². The molecule has 2 atom stereocenters. The van der Waals surface area contributed by atoms with Crippen LogP contribution in [-0.4, -0.2) is 22.2 Å². The van der Waals surface area contributed by atoms with E-state index in [4.69, 9.17) is 11.6 Å². The molecule has 1 aliphatic heterocycles. The minimum atomic E-state index is -0.478. The Labute approximate surface area is 110 Å². The molecule has 4 heteroatoms. The molecule has 1 nitrogen and oxygen atoms in total. The van der Waals surface area contributed by atoms with E-state index < -0.39 is 11.9 Å². The zero-order chi connectivity index (χ0) is 12.3.